The maximum Gasteiger partial charge on any atom is 0.234 e. The Hall–Kier alpha value is -1.12. The molecule has 0 aliphatic rings. The first-order chi connectivity index (χ1) is 7.99. The van der Waals surface area contributed by atoms with Gasteiger partial charge in [-0.2, -0.15) is 5.26 Å². The van der Waals surface area contributed by atoms with Gasteiger partial charge in [-0.3, -0.25) is 9.69 Å². The van der Waals surface area contributed by atoms with E-state index in [1.165, 1.54) is 0 Å². The third-order valence-electron chi connectivity index (χ3n) is 2.52. The van der Waals surface area contributed by atoms with Crippen LogP contribution in [0.1, 0.15) is 27.7 Å². The Balaban J connectivity index is 3.69. The second-order valence-corrected chi connectivity index (χ2v) is 4.54. The molecule has 0 rings (SSSR count). The van der Waals surface area contributed by atoms with Crippen LogP contribution in [0.25, 0.3) is 0 Å². The molecule has 0 aromatic carbocycles. The van der Waals surface area contributed by atoms with Crippen molar-refractivity contribution in [2.24, 2.45) is 0 Å². The maximum atomic E-state index is 11.2. The van der Waals surface area contributed by atoms with E-state index in [0.29, 0.717) is 12.1 Å². The van der Waals surface area contributed by atoms with Crippen LogP contribution in [0.15, 0.2) is 0 Å². The van der Waals surface area contributed by atoms with E-state index in [1.807, 2.05) is 6.07 Å². The fourth-order valence-corrected chi connectivity index (χ4v) is 1.72. The summed E-state index contributed by atoms with van der Waals surface area (Å²) in [6, 6.07) is 2.88. The van der Waals surface area contributed by atoms with Crippen LogP contribution in [0.5, 0.6) is 0 Å². The highest BCUT2D eigenvalue weighted by molar-refractivity contribution is 5.78. The van der Waals surface area contributed by atoms with Crippen molar-refractivity contribution in [1.82, 2.24) is 15.5 Å². The lowest BCUT2D eigenvalue weighted by Crippen LogP contribution is -2.43. The first-order valence-electron chi connectivity index (χ1n) is 6.09. The molecule has 0 aliphatic carbocycles. The molecular formula is C12H24N4O. The second-order valence-electron chi connectivity index (χ2n) is 4.54. The molecule has 0 saturated heterocycles. The Morgan fingerprint density at radius 2 is 1.88 bits per heavy atom. The van der Waals surface area contributed by atoms with Crippen LogP contribution in [0.2, 0.25) is 0 Å². The predicted octanol–water partition coefficient (Wildman–Crippen LogP) is 0.335. The topological polar surface area (TPSA) is 68.2 Å². The average Bonchev–Trinajstić information content (AvgIpc) is 2.24. The predicted molar refractivity (Wildman–Crippen MR) is 68.5 cm³/mol. The monoisotopic (exact) mass is 240 g/mol. The zero-order chi connectivity index (χ0) is 13.3. The van der Waals surface area contributed by atoms with E-state index < -0.39 is 0 Å². The Kier molecular flexibility index (Phi) is 8.38. The molecule has 0 aliphatic heterocycles. The third kappa shape index (κ3) is 7.72. The van der Waals surface area contributed by atoms with E-state index in [9.17, 15) is 4.79 Å². The Bertz CT molecular complexity index is 250. The number of nitrogens with zero attached hydrogens (tertiary/aromatic N) is 2. The van der Waals surface area contributed by atoms with Crippen molar-refractivity contribution < 1.29 is 4.79 Å². The van der Waals surface area contributed by atoms with E-state index in [-0.39, 0.29) is 19.0 Å². The molecule has 0 radical (unpaired) electrons. The standard InChI is InChI=1S/C12H24N4O/c1-10(2)16(11(3)4)8-7-14-9-12(17)15-6-5-13/h10-11,14H,6-9H2,1-4H3,(H,15,17). The number of hydrogen-bond donors (Lipinski definition) is 2. The molecule has 0 fully saturated rings. The zero-order valence-corrected chi connectivity index (χ0v) is 11.3. The molecule has 0 unspecified atom stereocenters. The van der Waals surface area contributed by atoms with E-state index >= 15 is 0 Å². The summed E-state index contributed by atoms with van der Waals surface area (Å²) in [4.78, 5) is 13.5. The fourth-order valence-electron chi connectivity index (χ4n) is 1.72. The summed E-state index contributed by atoms with van der Waals surface area (Å²) >= 11 is 0. The van der Waals surface area contributed by atoms with Crippen molar-refractivity contribution in [2.45, 2.75) is 39.8 Å². The lowest BCUT2D eigenvalue weighted by Gasteiger charge is -2.30. The molecule has 5 nitrogen and oxygen atoms in total. The van der Waals surface area contributed by atoms with E-state index in [0.717, 1.165) is 13.1 Å². The summed E-state index contributed by atoms with van der Waals surface area (Å²) in [7, 11) is 0. The number of amides is 1. The third-order valence-corrected chi connectivity index (χ3v) is 2.52. The molecule has 0 spiro atoms. The Morgan fingerprint density at radius 3 is 2.35 bits per heavy atom. The van der Waals surface area contributed by atoms with Crippen molar-refractivity contribution in [1.29, 1.82) is 5.26 Å². The average molecular weight is 240 g/mol. The minimum Gasteiger partial charge on any atom is -0.342 e. The van der Waals surface area contributed by atoms with Crippen LogP contribution >= 0.6 is 0 Å². The Labute approximate surface area is 104 Å². The molecule has 0 heterocycles. The first-order valence-corrected chi connectivity index (χ1v) is 6.09. The summed E-state index contributed by atoms with van der Waals surface area (Å²) in [5.41, 5.74) is 0. The van der Waals surface area contributed by atoms with Gasteiger partial charge in [0.1, 0.15) is 6.54 Å². The molecule has 1 amide bonds. The first kappa shape index (κ1) is 15.9. The van der Waals surface area contributed by atoms with Crippen molar-refractivity contribution in [2.75, 3.05) is 26.2 Å². The molecule has 0 saturated carbocycles. The molecule has 17 heavy (non-hydrogen) atoms. The van der Waals surface area contributed by atoms with Crippen LogP contribution in [0.4, 0.5) is 0 Å². The lowest BCUT2D eigenvalue weighted by molar-refractivity contribution is -0.120. The second kappa shape index (κ2) is 8.97. The summed E-state index contributed by atoms with van der Waals surface area (Å²) in [6.45, 7) is 10.7. The number of nitriles is 1. The van der Waals surface area contributed by atoms with Crippen LogP contribution in [-0.4, -0.2) is 49.1 Å². The van der Waals surface area contributed by atoms with Gasteiger partial charge in [0.25, 0.3) is 0 Å². The highest BCUT2D eigenvalue weighted by Gasteiger charge is 2.12. The van der Waals surface area contributed by atoms with E-state index in [2.05, 4.69) is 43.2 Å². The van der Waals surface area contributed by atoms with Gasteiger partial charge in [-0.1, -0.05) is 0 Å². The van der Waals surface area contributed by atoms with Gasteiger partial charge in [0.05, 0.1) is 12.6 Å². The molecular weight excluding hydrogens is 216 g/mol. The maximum absolute atomic E-state index is 11.2. The molecule has 0 atom stereocenters. The quantitative estimate of drug-likeness (QED) is 0.474. The summed E-state index contributed by atoms with van der Waals surface area (Å²) in [5.74, 6) is -0.132. The summed E-state index contributed by atoms with van der Waals surface area (Å²) < 4.78 is 0. The van der Waals surface area contributed by atoms with Gasteiger partial charge < -0.3 is 10.6 Å². The highest BCUT2D eigenvalue weighted by atomic mass is 16.1. The fraction of sp³-hybridized carbons (Fsp3) is 0.833. The summed E-state index contributed by atoms with van der Waals surface area (Å²) in [5, 5.41) is 13.9. The van der Waals surface area contributed by atoms with Gasteiger partial charge >= 0.3 is 0 Å². The van der Waals surface area contributed by atoms with Crippen molar-refractivity contribution >= 4 is 5.91 Å². The molecule has 0 aromatic heterocycles. The van der Waals surface area contributed by atoms with Gasteiger partial charge in [0.2, 0.25) is 5.91 Å². The van der Waals surface area contributed by atoms with Gasteiger partial charge in [0, 0.05) is 25.2 Å². The molecule has 5 heteroatoms. The van der Waals surface area contributed by atoms with Gasteiger partial charge in [-0.25, -0.2) is 0 Å². The normalized spacial score (nSPS) is 10.9. The summed E-state index contributed by atoms with van der Waals surface area (Å²) in [6.07, 6.45) is 0. The van der Waals surface area contributed by atoms with Crippen LogP contribution in [0, 0.1) is 11.3 Å². The van der Waals surface area contributed by atoms with Gasteiger partial charge in [-0.05, 0) is 27.7 Å². The zero-order valence-electron chi connectivity index (χ0n) is 11.3. The SMILES string of the molecule is CC(C)N(CCNCC(=O)NCC#N)C(C)C. The number of rotatable bonds is 8. The smallest absolute Gasteiger partial charge is 0.234 e. The number of hydrogen-bond acceptors (Lipinski definition) is 4. The van der Waals surface area contributed by atoms with Crippen molar-refractivity contribution in [3.8, 4) is 6.07 Å². The number of carbonyl (C=O) groups is 1. The van der Waals surface area contributed by atoms with E-state index in [1.54, 1.807) is 0 Å². The van der Waals surface area contributed by atoms with Gasteiger partial charge in [-0.15, -0.1) is 0 Å². The van der Waals surface area contributed by atoms with Crippen LogP contribution in [-0.2, 0) is 4.79 Å². The van der Waals surface area contributed by atoms with Crippen LogP contribution < -0.4 is 10.6 Å². The molecule has 0 bridgehead atoms. The van der Waals surface area contributed by atoms with Gasteiger partial charge in [0.15, 0.2) is 0 Å². The largest absolute Gasteiger partial charge is 0.342 e. The Morgan fingerprint density at radius 1 is 1.29 bits per heavy atom. The number of nitrogens with one attached hydrogen (secondary N) is 2. The molecule has 0 aromatic rings. The highest BCUT2D eigenvalue weighted by Crippen LogP contribution is 2.02. The number of carbonyl (C=O) groups excluding carboxylic acids is 1. The minimum atomic E-state index is -0.132. The van der Waals surface area contributed by atoms with Crippen molar-refractivity contribution in [3.05, 3.63) is 0 Å². The molecule has 98 valence electrons. The van der Waals surface area contributed by atoms with Crippen LogP contribution in [0.3, 0.4) is 0 Å². The van der Waals surface area contributed by atoms with E-state index in [4.69, 9.17) is 5.26 Å². The molecule has 2 N–H and O–H groups in total. The minimum absolute atomic E-state index is 0.0740. The lowest BCUT2D eigenvalue weighted by atomic mass is 10.2. The van der Waals surface area contributed by atoms with Crippen molar-refractivity contribution in [3.63, 3.8) is 0 Å².